The van der Waals surface area contributed by atoms with E-state index in [-0.39, 0.29) is 19.4 Å². The van der Waals surface area contributed by atoms with Crippen molar-refractivity contribution >= 4 is 19.8 Å². The zero-order valence-electron chi connectivity index (χ0n) is 30.4. The average molecular weight is 689 g/mol. The molecule has 0 amide bonds. The number of phosphoric ester groups is 1. The Morgan fingerprint density at radius 3 is 1.30 bits per heavy atom. The van der Waals surface area contributed by atoms with Gasteiger partial charge in [-0.3, -0.25) is 14.1 Å². The molecule has 0 aromatic heterocycles. The summed E-state index contributed by atoms with van der Waals surface area (Å²) < 4.78 is 26.3. The van der Waals surface area contributed by atoms with E-state index >= 15 is 0 Å². The fourth-order valence-corrected chi connectivity index (χ4v) is 5.96. The van der Waals surface area contributed by atoms with Crippen LogP contribution in [0.4, 0.5) is 0 Å². The summed E-state index contributed by atoms with van der Waals surface area (Å²) in [5.41, 5.74) is 0. The van der Waals surface area contributed by atoms with Gasteiger partial charge in [0.1, 0.15) is 6.61 Å². The third-order valence-electron chi connectivity index (χ3n) is 8.53. The molecule has 2 N–H and O–H groups in total. The van der Waals surface area contributed by atoms with Crippen molar-refractivity contribution in [2.75, 3.05) is 13.2 Å². The van der Waals surface area contributed by atoms with Gasteiger partial charge in [0.05, 0.1) is 6.61 Å². The summed E-state index contributed by atoms with van der Waals surface area (Å²) in [6, 6.07) is 0. The van der Waals surface area contributed by atoms with E-state index in [1.807, 2.05) is 0 Å². The molecule has 0 aliphatic heterocycles. The molecule has 8 nitrogen and oxygen atoms in total. The minimum absolute atomic E-state index is 0.206. The van der Waals surface area contributed by atoms with Crippen molar-refractivity contribution < 1.29 is 37.9 Å². The molecule has 0 fully saturated rings. The quantitative estimate of drug-likeness (QED) is 0.0289. The SMILES string of the molecule is CCCCCCCC/C=C\CCCCCCCC(=O)O[C@H](COC(=O)CCCCCCCCCCCCCCCC)COP(=O)(O)O. The van der Waals surface area contributed by atoms with E-state index < -0.39 is 32.5 Å². The summed E-state index contributed by atoms with van der Waals surface area (Å²) in [5, 5.41) is 0. The molecule has 0 aliphatic rings. The van der Waals surface area contributed by atoms with Gasteiger partial charge < -0.3 is 19.3 Å². The molecule has 0 heterocycles. The summed E-state index contributed by atoms with van der Waals surface area (Å²) in [5.74, 6) is -0.886. The first-order valence-electron chi connectivity index (χ1n) is 19.5. The van der Waals surface area contributed by atoms with E-state index in [9.17, 15) is 14.2 Å². The van der Waals surface area contributed by atoms with E-state index in [1.165, 1.54) is 116 Å². The number of esters is 2. The maximum Gasteiger partial charge on any atom is 0.469 e. The van der Waals surface area contributed by atoms with E-state index in [1.54, 1.807) is 0 Å². The van der Waals surface area contributed by atoms with Crippen molar-refractivity contribution in [2.24, 2.45) is 0 Å². The maximum atomic E-state index is 12.4. The number of ether oxygens (including phenoxy) is 2. The van der Waals surface area contributed by atoms with Gasteiger partial charge in [-0.2, -0.15) is 0 Å². The number of hydrogen-bond acceptors (Lipinski definition) is 6. The lowest BCUT2D eigenvalue weighted by molar-refractivity contribution is -0.161. The number of carbonyl (C=O) groups is 2. The van der Waals surface area contributed by atoms with Crippen LogP contribution in [0, 0.1) is 0 Å². The highest BCUT2D eigenvalue weighted by molar-refractivity contribution is 7.46. The van der Waals surface area contributed by atoms with Crippen LogP contribution in [0.15, 0.2) is 12.2 Å². The minimum atomic E-state index is -4.75. The Balaban J connectivity index is 3.94. The fraction of sp³-hybridized carbons (Fsp3) is 0.895. The van der Waals surface area contributed by atoms with Gasteiger partial charge in [0.2, 0.25) is 0 Å². The number of allylic oxidation sites excluding steroid dienone is 2. The lowest BCUT2D eigenvalue weighted by atomic mass is 10.0. The second-order valence-electron chi connectivity index (χ2n) is 13.3. The van der Waals surface area contributed by atoms with Crippen LogP contribution >= 0.6 is 7.82 Å². The van der Waals surface area contributed by atoms with Gasteiger partial charge in [0.25, 0.3) is 0 Å². The largest absolute Gasteiger partial charge is 0.469 e. The molecule has 0 bridgehead atoms. The van der Waals surface area contributed by atoms with Crippen molar-refractivity contribution in [1.82, 2.24) is 0 Å². The Hall–Kier alpha value is -1.21. The van der Waals surface area contributed by atoms with Crippen LogP contribution in [0.2, 0.25) is 0 Å². The molecule has 0 unspecified atom stereocenters. The van der Waals surface area contributed by atoms with Crippen LogP contribution in [-0.2, 0) is 28.2 Å². The van der Waals surface area contributed by atoms with Gasteiger partial charge in [-0.05, 0) is 38.5 Å². The summed E-state index contributed by atoms with van der Waals surface area (Å²) in [6.07, 6.45) is 36.4. The highest BCUT2D eigenvalue weighted by Gasteiger charge is 2.22. The number of rotatable bonds is 36. The molecule has 0 spiro atoms. The predicted octanol–water partition coefficient (Wildman–Crippen LogP) is 11.5. The highest BCUT2D eigenvalue weighted by Crippen LogP contribution is 2.36. The molecule has 9 heteroatoms. The minimum Gasteiger partial charge on any atom is -0.462 e. The van der Waals surface area contributed by atoms with Gasteiger partial charge in [-0.15, -0.1) is 0 Å². The molecule has 1 atom stereocenters. The molecule has 0 saturated heterocycles. The van der Waals surface area contributed by atoms with Crippen LogP contribution in [-0.4, -0.2) is 41.0 Å². The molecular formula is C38H73O8P. The van der Waals surface area contributed by atoms with E-state index in [0.29, 0.717) is 6.42 Å². The molecule has 0 saturated carbocycles. The Bertz CT molecular complexity index is 782. The third-order valence-corrected chi connectivity index (χ3v) is 9.02. The number of phosphoric acid groups is 1. The molecule has 0 aromatic carbocycles. The zero-order chi connectivity index (χ0) is 34.7. The first-order valence-corrected chi connectivity index (χ1v) is 21.0. The maximum absolute atomic E-state index is 12.4. The van der Waals surface area contributed by atoms with Crippen LogP contribution < -0.4 is 0 Å². The Kier molecular flexibility index (Phi) is 33.8. The van der Waals surface area contributed by atoms with Crippen molar-refractivity contribution in [3.63, 3.8) is 0 Å². The highest BCUT2D eigenvalue weighted by atomic mass is 31.2. The van der Waals surface area contributed by atoms with Gasteiger partial charge in [0, 0.05) is 12.8 Å². The van der Waals surface area contributed by atoms with Crippen LogP contribution in [0.3, 0.4) is 0 Å². The fourth-order valence-electron chi connectivity index (χ4n) is 5.60. The molecule has 0 aromatic rings. The molecule has 47 heavy (non-hydrogen) atoms. The summed E-state index contributed by atoms with van der Waals surface area (Å²) >= 11 is 0. The molecule has 278 valence electrons. The predicted molar refractivity (Wildman–Crippen MR) is 193 cm³/mol. The van der Waals surface area contributed by atoms with Crippen LogP contribution in [0.1, 0.15) is 200 Å². The Morgan fingerprint density at radius 2 is 0.894 bits per heavy atom. The number of unbranched alkanes of at least 4 members (excludes halogenated alkanes) is 24. The number of hydrogen-bond donors (Lipinski definition) is 2. The monoisotopic (exact) mass is 689 g/mol. The van der Waals surface area contributed by atoms with E-state index in [4.69, 9.17) is 19.3 Å². The second kappa shape index (κ2) is 34.6. The standard InChI is InChI=1S/C38H73O8P/c1-3-5-7-9-11-13-15-17-19-21-23-25-27-29-31-33-38(40)46-36(35-45-47(41,42)43)34-44-37(39)32-30-28-26-24-22-20-18-16-14-12-10-8-6-4-2/h17,19,36H,3-16,18,20-35H2,1-2H3,(H2,41,42,43)/b19-17-/t36-/m1/s1. The average Bonchev–Trinajstić information content (AvgIpc) is 3.03. The normalized spacial score (nSPS) is 12.5. The summed E-state index contributed by atoms with van der Waals surface area (Å²) in [4.78, 5) is 42.7. The van der Waals surface area contributed by atoms with Crippen molar-refractivity contribution in [1.29, 1.82) is 0 Å². The van der Waals surface area contributed by atoms with Gasteiger partial charge in [-0.25, -0.2) is 4.57 Å². The Labute approximate surface area is 288 Å². The first kappa shape index (κ1) is 45.8. The van der Waals surface area contributed by atoms with Gasteiger partial charge >= 0.3 is 19.8 Å². The van der Waals surface area contributed by atoms with Crippen LogP contribution in [0.25, 0.3) is 0 Å². The summed E-state index contributed by atoms with van der Waals surface area (Å²) in [6.45, 7) is 3.68. The third kappa shape index (κ3) is 37.5. The lowest BCUT2D eigenvalue weighted by Gasteiger charge is -2.18. The number of carbonyl (C=O) groups excluding carboxylic acids is 2. The van der Waals surface area contributed by atoms with Gasteiger partial charge in [0.15, 0.2) is 6.10 Å². The zero-order valence-corrected chi connectivity index (χ0v) is 31.3. The van der Waals surface area contributed by atoms with Crippen molar-refractivity contribution in [3.8, 4) is 0 Å². The molecule has 0 aliphatic carbocycles. The first-order chi connectivity index (χ1) is 22.8. The van der Waals surface area contributed by atoms with E-state index in [2.05, 4.69) is 30.5 Å². The Morgan fingerprint density at radius 1 is 0.532 bits per heavy atom. The summed E-state index contributed by atoms with van der Waals surface area (Å²) in [7, 11) is -4.75. The van der Waals surface area contributed by atoms with E-state index in [0.717, 1.165) is 51.4 Å². The topological polar surface area (TPSA) is 119 Å². The molecular weight excluding hydrogens is 615 g/mol. The smallest absolute Gasteiger partial charge is 0.462 e. The van der Waals surface area contributed by atoms with Crippen LogP contribution in [0.5, 0.6) is 0 Å². The lowest BCUT2D eigenvalue weighted by Crippen LogP contribution is -2.29. The van der Waals surface area contributed by atoms with Gasteiger partial charge in [-0.1, -0.05) is 161 Å². The second-order valence-corrected chi connectivity index (χ2v) is 14.5. The molecule has 0 radical (unpaired) electrons. The molecule has 0 rings (SSSR count). The van der Waals surface area contributed by atoms with Crippen molar-refractivity contribution in [2.45, 2.75) is 206 Å². The van der Waals surface area contributed by atoms with Crippen molar-refractivity contribution in [3.05, 3.63) is 12.2 Å².